The number of fused-ring (bicyclic) bond motifs is 1. The summed E-state index contributed by atoms with van der Waals surface area (Å²) >= 11 is 1.57. The van der Waals surface area contributed by atoms with E-state index in [1.54, 1.807) is 50.8 Å². The molecule has 7 nitrogen and oxygen atoms in total. The number of benzene rings is 2. The summed E-state index contributed by atoms with van der Waals surface area (Å²) in [4.78, 5) is 12.8. The molecule has 0 aliphatic carbocycles. The predicted octanol–water partition coefficient (Wildman–Crippen LogP) is 3.78. The Bertz CT molecular complexity index is 1230. The second-order valence-corrected chi connectivity index (χ2v) is 7.93. The number of carbonyl (C=O) groups is 1. The van der Waals surface area contributed by atoms with Crippen LogP contribution in [-0.2, 0) is 7.05 Å². The van der Waals surface area contributed by atoms with Crippen molar-refractivity contribution in [3.05, 3.63) is 65.2 Å². The fourth-order valence-corrected chi connectivity index (χ4v) is 4.48. The number of aryl methyl sites for hydroxylation is 1. The molecule has 0 bridgehead atoms. The van der Waals surface area contributed by atoms with Gasteiger partial charge in [0.15, 0.2) is 0 Å². The standard InChI is InChI=1S/C23H23N3O4S/c1-26-19(11-18(25-26)16-10-14(29-2)8-9-21(16)30-3)23(28)24-12-20(27)17-13-31-22-7-5-4-6-15(17)22/h4-11,13,20,27H,12H2,1-3H3,(H,24,28)/t20-/m0/s1. The number of thiophene rings is 1. The zero-order valence-electron chi connectivity index (χ0n) is 17.5. The Labute approximate surface area is 183 Å². The summed E-state index contributed by atoms with van der Waals surface area (Å²) in [6.45, 7) is 0.0998. The smallest absolute Gasteiger partial charge is 0.269 e. The maximum Gasteiger partial charge on any atom is 0.269 e. The van der Waals surface area contributed by atoms with Gasteiger partial charge in [-0.1, -0.05) is 18.2 Å². The lowest BCUT2D eigenvalue weighted by Crippen LogP contribution is -2.29. The summed E-state index contributed by atoms with van der Waals surface area (Å²) in [6, 6.07) is 15.0. The van der Waals surface area contributed by atoms with Crippen LogP contribution < -0.4 is 14.8 Å². The number of methoxy groups -OCH3 is 2. The first-order valence-corrected chi connectivity index (χ1v) is 10.6. The van der Waals surface area contributed by atoms with Gasteiger partial charge in [-0.15, -0.1) is 11.3 Å². The Morgan fingerprint density at radius 3 is 2.77 bits per heavy atom. The molecule has 31 heavy (non-hydrogen) atoms. The van der Waals surface area contributed by atoms with Gasteiger partial charge in [0.25, 0.3) is 5.91 Å². The molecule has 2 aromatic heterocycles. The highest BCUT2D eigenvalue weighted by atomic mass is 32.1. The lowest BCUT2D eigenvalue weighted by Gasteiger charge is -2.11. The number of rotatable bonds is 7. The Kier molecular flexibility index (Phi) is 5.92. The summed E-state index contributed by atoms with van der Waals surface area (Å²) in [5.74, 6) is 0.978. The third-order valence-electron chi connectivity index (χ3n) is 5.12. The highest BCUT2D eigenvalue weighted by Gasteiger charge is 2.19. The van der Waals surface area contributed by atoms with E-state index in [0.717, 1.165) is 21.2 Å². The molecule has 0 aliphatic heterocycles. The zero-order valence-corrected chi connectivity index (χ0v) is 18.3. The molecule has 0 aliphatic rings. The molecule has 0 unspecified atom stereocenters. The van der Waals surface area contributed by atoms with Crippen molar-refractivity contribution >= 4 is 27.3 Å². The highest BCUT2D eigenvalue weighted by Crippen LogP contribution is 2.33. The van der Waals surface area contributed by atoms with Gasteiger partial charge in [0.1, 0.15) is 17.2 Å². The van der Waals surface area contributed by atoms with Gasteiger partial charge in [0, 0.05) is 29.4 Å². The minimum absolute atomic E-state index is 0.0998. The number of amides is 1. The lowest BCUT2D eigenvalue weighted by atomic mass is 10.1. The highest BCUT2D eigenvalue weighted by molar-refractivity contribution is 7.17. The Balaban J connectivity index is 1.52. The lowest BCUT2D eigenvalue weighted by molar-refractivity contribution is 0.0908. The molecular formula is C23H23N3O4S. The van der Waals surface area contributed by atoms with E-state index in [2.05, 4.69) is 10.4 Å². The molecule has 2 N–H and O–H groups in total. The summed E-state index contributed by atoms with van der Waals surface area (Å²) in [6.07, 6.45) is -0.800. The van der Waals surface area contributed by atoms with Crippen molar-refractivity contribution in [1.29, 1.82) is 0 Å². The monoisotopic (exact) mass is 437 g/mol. The van der Waals surface area contributed by atoms with Crippen molar-refractivity contribution in [3.63, 3.8) is 0 Å². The second kappa shape index (κ2) is 8.79. The topological polar surface area (TPSA) is 85.6 Å². The number of carbonyl (C=O) groups excluding carboxylic acids is 1. The van der Waals surface area contributed by atoms with Crippen LogP contribution in [0.25, 0.3) is 21.3 Å². The number of aliphatic hydroxyl groups excluding tert-OH is 1. The van der Waals surface area contributed by atoms with Crippen LogP contribution in [0, 0.1) is 0 Å². The Hall–Kier alpha value is -3.36. The number of nitrogens with one attached hydrogen (secondary N) is 1. The Morgan fingerprint density at radius 2 is 2.00 bits per heavy atom. The molecule has 8 heteroatoms. The maximum atomic E-state index is 12.8. The number of aromatic nitrogens is 2. The quantitative estimate of drug-likeness (QED) is 0.460. The van der Waals surface area contributed by atoms with E-state index in [9.17, 15) is 9.90 Å². The van der Waals surface area contributed by atoms with E-state index in [-0.39, 0.29) is 12.5 Å². The zero-order chi connectivity index (χ0) is 22.0. The van der Waals surface area contributed by atoms with E-state index in [1.807, 2.05) is 35.7 Å². The van der Waals surface area contributed by atoms with Crippen LogP contribution in [0.1, 0.15) is 22.2 Å². The van der Waals surface area contributed by atoms with Crippen molar-refractivity contribution in [3.8, 4) is 22.8 Å². The van der Waals surface area contributed by atoms with Gasteiger partial charge >= 0.3 is 0 Å². The van der Waals surface area contributed by atoms with Crippen LogP contribution >= 0.6 is 11.3 Å². The van der Waals surface area contributed by atoms with Gasteiger partial charge in [0.05, 0.1) is 26.0 Å². The van der Waals surface area contributed by atoms with E-state index >= 15 is 0 Å². The van der Waals surface area contributed by atoms with Crippen molar-refractivity contribution in [2.24, 2.45) is 7.05 Å². The van der Waals surface area contributed by atoms with E-state index in [0.29, 0.717) is 22.9 Å². The van der Waals surface area contributed by atoms with Crippen LogP contribution in [0.5, 0.6) is 11.5 Å². The third kappa shape index (κ3) is 4.12. The second-order valence-electron chi connectivity index (χ2n) is 7.02. The molecule has 4 rings (SSSR count). The SMILES string of the molecule is COc1ccc(OC)c(-c2cc(C(=O)NC[C@H](O)c3csc4ccccc34)n(C)n2)c1. The number of hydrogen-bond acceptors (Lipinski definition) is 6. The number of hydrogen-bond donors (Lipinski definition) is 2. The molecule has 160 valence electrons. The summed E-state index contributed by atoms with van der Waals surface area (Å²) in [7, 11) is 4.87. The normalized spacial score (nSPS) is 12.0. The van der Waals surface area contributed by atoms with Gasteiger partial charge in [-0.2, -0.15) is 5.10 Å². The minimum Gasteiger partial charge on any atom is -0.497 e. The van der Waals surface area contributed by atoms with Crippen molar-refractivity contribution < 1.29 is 19.4 Å². The average Bonchev–Trinajstić information content (AvgIpc) is 3.40. The summed E-state index contributed by atoms with van der Waals surface area (Å²) in [5, 5.41) is 20.8. The molecule has 0 radical (unpaired) electrons. The van der Waals surface area contributed by atoms with Crippen LogP contribution in [0.2, 0.25) is 0 Å². The van der Waals surface area contributed by atoms with Crippen LogP contribution in [-0.4, -0.2) is 41.6 Å². The molecule has 1 atom stereocenters. The number of ether oxygens (including phenoxy) is 2. The first kappa shape index (κ1) is 20.9. The fourth-order valence-electron chi connectivity index (χ4n) is 3.47. The van der Waals surface area contributed by atoms with Gasteiger partial charge in [-0.25, -0.2) is 0 Å². The molecule has 2 aromatic carbocycles. The van der Waals surface area contributed by atoms with E-state index in [1.165, 1.54) is 4.68 Å². The molecule has 0 spiro atoms. The molecule has 0 saturated carbocycles. The maximum absolute atomic E-state index is 12.8. The van der Waals surface area contributed by atoms with Crippen LogP contribution in [0.3, 0.4) is 0 Å². The predicted molar refractivity (Wildman–Crippen MR) is 121 cm³/mol. The van der Waals surface area contributed by atoms with E-state index in [4.69, 9.17) is 9.47 Å². The molecule has 0 saturated heterocycles. The van der Waals surface area contributed by atoms with Crippen molar-refractivity contribution in [1.82, 2.24) is 15.1 Å². The van der Waals surface area contributed by atoms with Crippen molar-refractivity contribution in [2.45, 2.75) is 6.10 Å². The van der Waals surface area contributed by atoms with Crippen LogP contribution in [0.15, 0.2) is 53.9 Å². The number of aliphatic hydroxyl groups is 1. The van der Waals surface area contributed by atoms with Gasteiger partial charge in [-0.3, -0.25) is 9.48 Å². The van der Waals surface area contributed by atoms with Gasteiger partial charge < -0.3 is 19.9 Å². The molecule has 2 heterocycles. The summed E-state index contributed by atoms with van der Waals surface area (Å²) in [5.41, 5.74) is 2.50. The van der Waals surface area contributed by atoms with Gasteiger partial charge in [-0.05, 0) is 41.1 Å². The minimum atomic E-state index is -0.800. The first-order chi connectivity index (χ1) is 15.0. The van der Waals surface area contributed by atoms with E-state index < -0.39 is 6.10 Å². The summed E-state index contributed by atoms with van der Waals surface area (Å²) < 4.78 is 13.3. The fraction of sp³-hybridized carbons (Fsp3) is 0.217. The largest absolute Gasteiger partial charge is 0.497 e. The van der Waals surface area contributed by atoms with Crippen molar-refractivity contribution in [2.75, 3.05) is 20.8 Å². The Morgan fingerprint density at radius 1 is 1.19 bits per heavy atom. The number of nitrogens with zero attached hydrogens (tertiary/aromatic N) is 2. The third-order valence-corrected chi connectivity index (χ3v) is 6.10. The van der Waals surface area contributed by atoms with Crippen LogP contribution in [0.4, 0.5) is 0 Å². The molecular weight excluding hydrogens is 414 g/mol. The van der Waals surface area contributed by atoms with Gasteiger partial charge in [0.2, 0.25) is 0 Å². The molecule has 4 aromatic rings. The average molecular weight is 438 g/mol. The first-order valence-electron chi connectivity index (χ1n) is 9.70. The molecule has 0 fully saturated rings. The molecule has 1 amide bonds.